The molecule has 0 spiro atoms. The van der Waals surface area contributed by atoms with Gasteiger partial charge in [-0.05, 0) is 48.2 Å². The molecule has 1 amide bonds. The van der Waals surface area contributed by atoms with E-state index >= 15 is 0 Å². The van der Waals surface area contributed by atoms with E-state index in [-0.39, 0.29) is 17.6 Å². The lowest BCUT2D eigenvalue weighted by Gasteiger charge is -2.22. The summed E-state index contributed by atoms with van der Waals surface area (Å²) >= 11 is 0. The highest BCUT2D eigenvalue weighted by Crippen LogP contribution is 2.14. The Bertz CT molecular complexity index is 764. The Labute approximate surface area is 158 Å². The molecule has 0 atom stereocenters. The smallest absolute Gasteiger partial charge is 0.335 e. The number of ether oxygens (including phenoxy) is 2. The summed E-state index contributed by atoms with van der Waals surface area (Å²) in [6.45, 7) is 2.51. The van der Waals surface area contributed by atoms with Crippen molar-refractivity contribution >= 4 is 11.9 Å². The van der Waals surface area contributed by atoms with Crippen molar-refractivity contribution in [2.24, 2.45) is 0 Å². The molecule has 1 heterocycles. The Morgan fingerprint density at radius 2 is 1.56 bits per heavy atom. The Kier molecular flexibility index (Phi) is 6.57. The number of benzene rings is 2. The zero-order chi connectivity index (χ0) is 19.1. The fourth-order valence-corrected chi connectivity index (χ4v) is 2.86. The van der Waals surface area contributed by atoms with Gasteiger partial charge < -0.3 is 19.9 Å². The van der Waals surface area contributed by atoms with Crippen molar-refractivity contribution in [3.8, 4) is 0 Å². The van der Waals surface area contributed by atoms with E-state index in [1.807, 2.05) is 24.3 Å². The van der Waals surface area contributed by atoms with Crippen LogP contribution in [-0.4, -0.2) is 36.3 Å². The maximum absolute atomic E-state index is 12.2. The first-order chi connectivity index (χ1) is 13.1. The van der Waals surface area contributed by atoms with Gasteiger partial charge in [0.05, 0.1) is 18.3 Å². The van der Waals surface area contributed by atoms with Crippen LogP contribution in [-0.2, 0) is 22.6 Å². The molecule has 6 heteroatoms. The molecule has 2 aromatic carbocycles. The molecule has 1 aliphatic heterocycles. The Hall–Kier alpha value is -2.70. The third-order valence-electron chi connectivity index (χ3n) is 4.52. The lowest BCUT2D eigenvalue weighted by molar-refractivity contribution is -0.0390. The van der Waals surface area contributed by atoms with E-state index in [2.05, 4.69) is 5.32 Å². The molecule has 3 rings (SSSR count). The number of amides is 1. The van der Waals surface area contributed by atoms with E-state index in [9.17, 15) is 9.59 Å². The third-order valence-corrected chi connectivity index (χ3v) is 4.52. The number of rotatable bonds is 7. The molecule has 27 heavy (non-hydrogen) atoms. The minimum absolute atomic E-state index is 0.158. The van der Waals surface area contributed by atoms with E-state index in [0.29, 0.717) is 18.7 Å². The molecule has 6 nitrogen and oxygen atoms in total. The standard InChI is InChI=1S/C21H23NO5/c23-20(17-5-7-18(8-6-17)21(24)25)22-13-15-1-3-16(4-2-15)14-27-19-9-11-26-12-10-19/h1-8,19H,9-14H2,(H,22,23)(H,24,25). The molecule has 0 aromatic heterocycles. The number of carbonyl (C=O) groups excluding carboxylic acids is 1. The summed E-state index contributed by atoms with van der Waals surface area (Å²) in [5, 5.41) is 11.7. The fourth-order valence-electron chi connectivity index (χ4n) is 2.86. The van der Waals surface area contributed by atoms with E-state index in [4.69, 9.17) is 14.6 Å². The van der Waals surface area contributed by atoms with Crippen LogP contribution >= 0.6 is 0 Å². The molecule has 0 aliphatic carbocycles. The van der Waals surface area contributed by atoms with Crippen LogP contribution in [0.3, 0.4) is 0 Å². The van der Waals surface area contributed by atoms with Gasteiger partial charge in [0.2, 0.25) is 0 Å². The Balaban J connectivity index is 1.46. The van der Waals surface area contributed by atoms with Crippen LogP contribution in [0, 0.1) is 0 Å². The van der Waals surface area contributed by atoms with Crippen molar-refractivity contribution < 1.29 is 24.2 Å². The molecule has 1 aliphatic rings. The van der Waals surface area contributed by atoms with Gasteiger partial charge in [0.25, 0.3) is 5.91 Å². The maximum Gasteiger partial charge on any atom is 0.335 e. The van der Waals surface area contributed by atoms with E-state index in [0.717, 1.165) is 37.2 Å². The Morgan fingerprint density at radius 3 is 2.19 bits per heavy atom. The third kappa shape index (κ3) is 5.64. The molecule has 1 saturated heterocycles. The van der Waals surface area contributed by atoms with Crippen LogP contribution in [0.15, 0.2) is 48.5 Å². The first kappa shape index (κ1) is 19.1. The predicted molar refractivity (Wildman–Crippen MR) is 99.6 cm³/mol. The molecule has 142 valence electrons. The van der Waals surface area contributed by atoms with Crippen LogP contribution in [0.1, 0.15) is 44.7 Å². The highest BCUT2D eigenvalue weighted by Gasteiger charge is 2.14. The molecule has 0 unspecified atom stereocenters. The predicted octanol–water partition coefficient (Wildman–Crippen LogP) is 3.01. The number of carboxylic acids is 1. The summed E-state index contributed by atoms with van der Waals surface area (Å²) in [7, 11) is 0. The summed E-state index contributed by atoms with van der Waals surface area (Å²) < 4.78 is 11.2. The van der Waals surface area contributed by atoms with Gasteiger partial charge in [-0.1, -0.05) is 24.3 Å². The van der Waals surface area contributed by atoms with Crippen LogP contribution in [0.5, 0.6) is 0 Å². The second-order valence-corrected chi connectivity index (χ2v) is 6.50. The van der Waals surface area contributed by atoms with Crippen LogP contribution in [0.25, 0.3) is 0 Å². The number of hydrogen-bond donors (Lipinski definition) is 2. The summed E-state index contributed by atoms with van der Waals surface area (Å²) in [4.78, 5) is 23.0. The average molecular weight is 369 g/mol. The van der Waals surface area contributed by atoms with E-state index in [1.54, 1.807) is 0 Å². The normalized spacial score (nSPS) is 14.7. The van der Waals surface area contributed by atoms with Crippen LogP contribution in [0.4, 0.5) is 0 Å². The van der Waals surface area contributed by atoms with Crippen molar-refractivity contribution in [1.29, 1.82) is 0 Å². The van der Waals surface area contributed by atoms with Gasteiger partial charge in [-0.2, -0.15) is 0 Å². The maximum atomic E-state index is 12.2. The van der Waals surface area contributed by atoms with Gasteiger partial charge in [-0.15, -0.1) is 0 Å². The molecular weight excluding hydrogens is 346 g/mol. The van der Waals surface area contributed by atoms with Gasteiger partial charge >= 0.3 is 5.97 Å². The average Bonchev–Trinajstić information content (AvgIpc) is 2.72. The van der Waals surface area contributed by atoms with Crippen LogP contribution < -0.4 is 5.32 Å². The van der Waals surface area contributed by atoms with Gasteiger partial charge in [0.15, 0.2) is 0 Å². The fraction of sp³-hybridized carbons (Fsp3) is 0.333. The summed E-state index contributed by atoms with van der Waals surface area (Å²) in [6.07, 6.45) is 2.15. The molecule has 0 saturated carbocycles. The number of carboxylic acid groups (broad SMARTS) is 1. The first-order valence-electron chi connectivity index (χ1n) is 9.00. The van der Waals surface area contributed by atoms with Gasteiger partial charge in [-0.25, -0.2) is 4.79 Å². The molecule has 0 radical (unpaired) electrons. The lowest BCUT2D eigenvalue weighted by atomic mass is 10.1. The van der Waals surface area contributed by atoms with Crippen molar-refractivity contribution in [2.45, 2.75) is 32.1 Å². The molecule has 0 bridgehead atoms. The topological polar surface area (TPSA) is 84.9 Å². The zero-order valence-electron chi connectivity index (χ0n) is 15.0. The van der Waals surface area contributed by atoms with Gasteiger partial charge in [0.1, 0.15) is 0 Å². The SMILES string of the molecule is O=C(O)c1ccc(C(=O)NCc2ccc(COC3CCOCC3)cc2)cc1. The summed E-state index contributed by atoms with van der Waals surface area (Å²) in [6, 6.07) is 13.8. The largest absolute Gasteiger partial charge is 0.478 e. The monoisotopic (exact) mass is 369 g/mol. The Morgan fingerprint density at radius 1 is 0.963 bits per heavy atom. The van der Waals surface area contributed by atoms with Crippen molar-refractivity contribution in [1.82, 2.24) is 5.32 Å². The first-order valence-corrected chi connectivity index (χ1v) is 9.00. The molecule has 2 N–H and O–H groups in total. The second-order valence-electron chi connectivity index (χ2n) is 6.50. The summed E-state index contributed by atoms with van der Waals surface area (Å²) in [5.41, 5.74) is 2.67. The highest BCUT2D eigenvalue weighted by atomic mass is 16.5. The highest BCUT2D eigenvalue weighted by molar-refractivity contribution is 5.95. The quantitative estimate of drug-likeness (QED) is 0.784. The van der Waals surface area contributed by atoms with Gasteiger partial charge in [0, 0.05) is 25.3 Å². The zero-order valence-corrected chi connectivity index (χ0v) is 15.0. The minimum Gasteiger partial charge on any atom is -0.478 e. The number of nitrogens with one attached hydrogen (secondary N) is 1. The van der Waals surface area contributed by atoms with E-state index in [1.165, 1.54) is 24.3 Å². The van der Waals surface area contributed by atoms with Gasteiger partial charge in [-0.3, -0.25) is 4.79 Å². The number of aromatic carboxylic acids is 1. The second kappa shape index (κ2) is 9.30. The van der Waals surface area contributed by atoms with Crippen LogP contribution in [0.2, 0.25) is 0 Å². The van der Waals surface area contributed by atoms with Crippen molar-refractivity contribution in [2.75, 3.05) is 13.2 Å². The van der Waals surface area contributed by atoms with Crippen molar-refractivity contribution in [3.63, 3.8) is 0 Å². The molecule has 2 aromatic rings. The van der Waals surface area contributed by atoms with Crippen molar-refractivity contribution in [3.05, 3.63) is 70.8 Å². The number of hydrogen-bond acceptors (Lipinski definition) is 4. The lowest BCUT2D eigenvalue weighted by Crippen LogP contribution is -2.23. The molecular formula is C21H23NO5. The van der Waals surface area contributed by atoms with E-state index < -0.39 is 5.97 Å². The molecule has 1 fully saturated rings. The number of carbonyl (C=O) groups is 2. The minimum atomic E-state index is -1.01. The summed E-state index contributed by atoms with van der Waals surface area (Å²) in [5.74, 6) is -1.25.